The number of carbonyl (C=O) groups excluding carboxylic acids is 1. The number of nitrogens with zero attached hydrogens (tertiary/aromatic N) is 3. The summed E-state index contributed by atoms with van der Waals surface area (Å²) in [6, 6.07) is 10.4. The van der Waals surface area contributed by atoms with Crippen molar-refractivity contribution in [2.45, 2.75) is 0 Å². The molecule has 0 aliphatic rings. The first-order valence-electron chi connectivity index (χ1n) is 10.7. The first-order valence-corrected chi connectivity index (χ1v) is 11.1. The van der Waals surface area contributed by atoms with Crippen LogP contribution in [0, 0.1) is 5.82 Å². The van der Waals surface area contributed by atoms with Gasteiger partial charge in [0.05, 0.1) is 35.4 Å². The molecule has 0 atom stereocenters. The molecule has 4 rings (SSSR count). The monoisotopic (exact) mass is 494 g/mol. The number of para-hydroxylation sites is 1. The van der Waals surface area contributed by atoms with Crippen molar-refractivity contribution in [3.05, 3.63) is 71.8 Å². The zero-order valence-electron chi connectivity index (χ0n) is 19.4. The highest BCUT2D eigenvalue weighted by Crippen LogP contribution is 2.35. The highest BCUT2D eigenvalue weighted by Gasteiger charge is 2.16. The van der Waals surface area contributed by atoms with Crippen LogP contribution in [0.3, 0.4) is 0 Å². The smallest absolute Gasteiger partial charge is 0.248 e. The number of ether oxygens (including phenoxy) is 1. The minimum atomic E-state index is -0.640. The summed E-state index contributed by atoms with van der Waals surface area (Å²) in [5.74, 6) is -0.650. The summed E-state index contributed by atoms with van der Waals surface area (Å²) in [4.78, 5) is 26.1. The number of fused-ring (bicyclic) bond motifs is 1. The number of likely N-dealkylation sites (N-methyl/N-ethyl adjacent to an activating group) is 1. The quantitative estimate of drug-likeness (QED) is 0.290. The number of methoxy groups -OCH3 is 1. The fraction of sp³-hybridized carbons (Fsp3) is 0.160. The van der Waals surface area contributed by atoms with Gasteiger partial charge in [0.15, 0.2) is 5.82 Å². The number of hydrogen-bond acceptors (Lipinski definition) is 6. The first kappa shape index (κ1) is 24.2. The highest BCUT2D eigenvalue weighted by atomic mass is 35.5. The molecule has 0 aliphatic heterocycles. The number of H-pyrrole nitrogens is 1. The Hall–Kier alpha value is -3.95. The maximum atomic E-state index is 14.6. The Morgan fingerprint density at radius 2 is 2.06 bits per heavy atom. The van der Waals surface area contributed by atoms with Crippen molar-refractivity contribution >= 4 is 45.7 Å². The predicted molar refractivity (Wildman–Crippen MR) is 137 cm³/mol. The molecule has 10 heteroatoms. The molecule has 0 unspecified atom stereocenters. The maximum Gasteiger partial charge on any atom is 0.248 e. The largest absolute Gasteiger partial charge is 0.494 e. The second kappa shape index (κ2) is 10.5. The van der Waals surface area contributed by atoms with Gasteiger partial charge in [-0.1, -0.05) is 35.9 Å². The second-order valence-electron chi connectivity index (χ2n) is 7.95. The summed E-state index contributed by atoms with van der Waals surface area (Å²) in [6.45, 7) is 0.581. The highest BCUT2D eigenvalue weighted by molar-refractivity contribution is 6.33. The van der Waals surface area contributed by atoms with Crippen molar-refractivity contribution in [2.75, 3.05) is 38.4 Å². The van der Waals surface area contributed by atoms with E-state index in [9.17, 15) is 9.18 Å². The molecule has 0 radical (unpaired) electrons. The van der Waals surface area contributed by atoms with Gasteiger partial charge in [-0.05, 0) is 26.2 Å². The van der Waals surface area contributed by atoms with Gasteiger partial charge in [0, 0.05) is 41.4 Å². The average Bonchev–Trinajstić information content (AvgIpc) is 3.26. The van der Waals surface area contributed by atoms with Gasteiger partial charge in [0.2, 0.25) is 11.9 Å². The van der Waals surface area contributed by atoms with Crippen LogP contribution in [0.5, 0.6) is 5.75 Å². The third-order valence-corrected chi connectivity index (χ3v) is 5.40. The predicted octanol–water partition coefficient (Wildman–Crippen LogP) is 5.23. The minimum Gasteiger partial charge on any atom is -0.494 e. The molecule has 4 aromatic rings. The number of amides is 1. The van der Waals surface area contributed by atoms with Crippen molar-refractivity contribution in [3.8, 4) is 17.0 Å². The number of halogens is 2. The molecule has 180 valence electrons. The van der Waals surface area contributed by atoms with E-state index >= 15 is 0 Å². The van der Waals surface area contributed by atoms with Crippen LogP contribution < -0.4 is 15.4 Å². The molecule has 0 aliphatic carbocycles. The Labute approximate surface area is 206 Å². The number of nitrogens with one attached hydrogen (secondary N) is 3. The van der Waals surface area contributed by atoms with E-state index in [-0.39, 0.29) is 17.4 Å². The number of hydrogen-bond donors (Lipinski definition) is 3. The maximum absolute atomic E-state index is 14.6. The van der Waals surface area contributed by atoms with E-state index in [4.69, 9.17) is 16.3 Å². The van der Waals surface area contributed by atoms with Gasteiger partial charge in [-0.25, -0.2) is 14.4 Å². The van der Waals surface area contributed by atoms with Crippen LogP contribution in [-0.2, 0) is 4.79 Å². The van der Waals surface area contributed by atoms with Gasteiger partial charge in [0.25, 0.3) is 0 Å². The fourth-order valence-electron chi connectivity index (χ4n) is 3.47. The molecule has 2 aromatic carbocycles. The van der Waals surface area contributed by atoms with Gasteiger partial charge >= 0.3 is 0 Å². The van der Waals surface area contributed by atoms with Gasteiger partial charge in [-0.2, -0.15) is 0 Å². The summed E-state index contributed by atoms with van der Waals surface area (Å²) >= 11 is 6.42. The van der Waals surface area contributed by atoms with E-state index < -0.39 is 11.7 Å². The molecule has 1 amide bonds. The Kier molecular flexibility index (Phi) is 7.28. The number of aromatic nitrogens is 3. The van der Waals surface area contributed by atoms with Crippen molar-refractivity contribution < 1.29 is 13.9 Å². The molecular weight excluding hydrogens is 471 g/mol. The number of rotatable bonds is 8. The molecule has 0 fully saturated rings. The normalized spacial score (nSPS) is 11.4. The van der Waals surface area contributed by atoms with E-state index in [1.807, 2.05) is 49.5 Å². The number of aromatic amines is 1. The standard InChI is InChI=1S/C25H24ClFN6O2/c1-33(2)10-6-9-23(34)30-20-12-21(22(35-3)11-18(20)27)31-25-29-14-17(26)24(32-25)16-13-28-19-8-5-4-7-15(16)19/h4-9,11-14,28H,10H2,1-3H3,(H,30,34)(H,29,31,32)/b9-6+. The molecular formula is C25H24ClFN6O2. The van der Waals surface area contributed by atoms with E-state index in [2.05, 4.69) is 25.6 Å². The lowest BCUT2D eigenvalue weighted by molar-refractivity contribution is -0.111. The third-order valence-electron chi connectivity index (χ3n) is 5.12. The lowest BCUT2D eigenvalue weighted by Crippen LogP contribution is -2.13. The van der Waals surface area contributed by atoms with Crippen molar-refractivity contribution in [1.29, 1.82) is 0 Å². The van der Waals surface area contributed by atoms with Gasteiger partial charge < -0.3 is 25.3 Å². The first-order chi connectivity index (χ1) is 16.9. The summed E-state index contributed by atoms with van der Waals surface area (Å²) in [6.07, 6.45) is 6.36. The van der Waals surface area contributed by atoms with Crippen LogP contribution in [0.2, 0.25) is 5.02 Å². The molecule has 8 nitrogen and oxygen atoms in total. The summed E-state index contributed by atoms with van der Waals surface area (Å²) in [7, 11) is 5.18. The van der Waals surface area contributed by atoms with Gasteiger partial charge in [-0.3, -0.25) is 4.79 Å². The SMILES string of the molecule is COc1cc(F)c(NC(=O)/C=C/CN(C)C)cc1Nc1ncc(Cl)c(-c2c[nH]c3ccccc23)n1. The zero-order valence-corrected chi connectivity index (χ0v) is 20.2. The average molecular weight is 495 g/mol. The summed E-state index contributed by atoms with van der Waals surface area (Å²) in [5.41, 5.74) is 2.65. The number of anilines is 3. The van der Waals surface area contributed by atoms with Crippen LogP contribution in [0.25, 0.3) is 22.2 Å². The molecule has 2 heterocycles. The zero-order chi connectivity index (χ0) is 24.9. The van der Waals surface area contributed by atoms with E-state index in [1.165, 1.54) is 31.5 Å². The van der Waals surface area contributed by atoms with Crippen molar-refractivity contribution in [1.82, 2.24) is 19.9 Å². The van der Waals surface area contributed by atoms with Crippen molar-refractivity contribution in [3.63, 3.8) is 0 Å². The second-order valence-corrected chi connectivity index (χ2v) is 8.36. The number of carbonyl (C=O) groups is 1. The molecule has 0 saturated heterocycles. The molecule has 0 spiro atoms. The van der Waals surface area contributed by atoms with E-state index in [0.717, 1.165) is 16.5 Å². The van der Waals surface area contributed by atoms with Crippen molar-refractivity contribution in [2.24, 2.45) is 0 Å². The molecule has 0 bridgehead atoms. The lowest BCUT2D eigenvalue weighted by atomic mass is 10.1. The number of benzene rings is 2. The van der Waals surface area contributed by atoms with E-state index in [1.54, 1.807) is 6.08 Å². The summed E-state index contributed by atoms with van der Waals surface area (Å²) in [5, 5.41) is 6.93. The van der Waals surface area contributed by atoms with Crippen LogP contribution in [-0.4, -0.2) is 53.5 Å². The minimum absolute atomic E-state index is 0.0152. The molecule has 0 saturated carbocycles. The fourth-order valence-corrected chi connectivity index (χ4v) is 3.66. The third kappa shape index (κ3) is 5.59. The Bertz CT molecular complexity index is 1400. The Balaban J connectivity index is 1.63. The van der Waals surface area contributed by atoms with Gasteiger partial charge in [0.1, 0.15) is 5.75 Å². The van der Waals surface area contributed by atoms with Crippen LogP contribution in [0.15, 0.2) is 60.9 Å². The van der Waals surface area contributed by atoms with Gasteiger partial charge in [-0.15, -0.1) is 0 Å². The molecule has 2 aromatic heterocycles. The topological polar surface area (TPSA) is 95.2 Å². The summed E-state index contributed by atoms with van der Waals surface area (Å²) < 4.78 is 19.9. The van der Waals surface area contributed by atoms with Crippen LogP contribution >= 0.6 is 11.6 Å². The van der Waals surface area contributed by atoms with E-state index in [0.29, 0.717) is 22.9 Å². The molecule has 3 N–H and O–H groups in total. The van der Waals surface area contributed by atoms with Crippen LogP contribution in [0.4, 0.5) is 21.7 Å². The van der Waals surface area contributed by atoms with Crippen LogP contribution in [0.1, 0.15) is 0 Å². The Morgan fingerprint density at radius 1 is 1.26 bits per heavy atom. The Morgan fingerprint density at radius 3 is 2.83 bits per heavy atom. The lowest BCUT2D eigenvalue weighted by Gasteiger charge is -2.14. The molecule has 35 heavy (non-hydrogen) atoms.